The number of allylic oxidation sites excluding steroid dienone is 3. The van der Waals surface area contributed by atoms with Gasteiger partial charge in [0.1, 0.15) is 0 Å². The fraction of sp³-hybridized carbons (Fsp3) is 0.568. The van der Waals surface area contributed by atoms with E-state index in [9.17, 15) is 0 Å². The lowest BCUT2D eigenvalue weighted by Gasteiger charge is -2.48. The first-order valence-corrected chi connectivity index (χ1v) is 15.9. The maximum absolute atomic E-state index is 2.66. The summed E-state index contributed by atoms with van der Waals surface area (Å²) in [5.41, 5.74) is 6.96. The van der Waals surface area contributed by atoms with Gasteiger partial charge in [-0.2, -0.15) is 0 Å². The van der Waals surface area contributed by atoms with E-state index < -0.39 is 0 Å². The zero-order chi connectivity index (χ0) is 25.1. The van der Waals surface area contributed by atoms with Crippen LogP contribution in [-0.2, 0) is 5.41 Å². The van der Waals surface area contributed by atoms with Crippen LogP contribution >= 0.6 is 0 Å². The van der Waals surface area contributed by atoms with Crippen LogP contribution in [0.5, 0.6) is 0 Å². The number of nitrogens with zero attached hydrogens (tertiary/aromatic N) is 1. The van der Waals surface area contributed by atoms with Crippen molar-refractivity contribution in [2.24, 2.45) is 46.3 Å². The molecule has 0 amide bonds. The first-order chi connectivity index (χ1) is 18.5. The fourth-order valence-corrected chi connectivity index (χ4v) is 12.2. The van der Waals surface area contributed by atoms with Gasteiger partial charge in [0.15, 0.2) is 0 Å². The van der Waals surface area contributed by atoms with Crippen LogP contribution in [0, 0.1) is 46.3 Å². The zero-order valence-corrected chi connectivity index (χ0v) is 23.1. The van der Waals surface area contributed by atoms with Crippen molar-refractivity contribution in [3.05, 3.63) is 84.1 Å². The minimum Gasteiger partial charge on any atom is -0.311 e. The summed E-state index contributed by atoms with van der Waals surface area (Å²) < 4.78 is 0. The maximum Gasteiger partial charge on any atom is 0.0461 e. The Balaban J connectivity index is 1.04. The van der Waals surface area contributed by atoms with Gasteiger partial charge in [-0.1, -0.05) is 49.4 Å². The highest BCUT2D eigenvalue weighted by Crippen LogP contribution is 2.73. The van der Waals surface area contributed by atoms with Gasteiger partial charge in [0.05, 0.1) is 0 Å². The summed E-state index contributed by atoms with van der Waals surface area (Å²) in [7, 11) is 0. The monoisotopic (exact) mass is 501 g/mol. The summed E-state index contributed by atoms with van der Waals surface area (Å²) in [6.45, 7) is 2.60. The SMILES string of the molecule is CC1(C23CC4CC(CC2C4)C3)C=CC(N(c2ccccc2)c2ccc(C34CC5CC(CC3C5)C4)cc2)=CC1. The molecule has 0 heterocycles. The zero-order valence-electron chi connectivity index (χ0n) is 23.1. The molecule has 1 nitrogen and oxygen atoms in total. The second kappa shape index (κ2) is 7.67. The molecule has 8 saturated carbocycles. The summed E-state index contributed by atoms with van der Waals surface area (Å²) in [6.07, 6.45) is 23.9. The average Bonchev–Trinajstić information content (AvgIpc) is 3.54. The molecule has 8 bridgehead atoms. The first kappa shape index (κ1) is 22.5. The third-order valence-corrected chi connectivity index (χ3v) is 13.4. The van der Waals surface area contributed by atoms with Crippen LogP contribution < -0.4 is 4.90 Å². The van der Waals surface area contributed by atoms with Crippen molar-refractivity contribution in [3.8, 4) is 0 Å². The lowest BCUT2D eigenvalue weighted by Crippen LogP contribution is -2.41. The Hall–Kier alpha value is -2.28. The van der Waals surface area contributed by atoms with Crippen LogP contribution in [0.15, 0.2) is 78.5 Å². The van der Waals surface area contributed by atoms with Crippen molar-refractivity contribution in [2.45, 2.75) is 83.0 Å². The third kappa shape index (κ3) is 2.94. The van der Waals surface area contributed by atoms with Gasteiger partial charge < -0.3 is 4.90 Å². The molecule has 0 radical (unpaired) electrons. The topological polar surface area (TPSA) is 3.24 Å². The van der Waals surface area contributed by atoms with Crippen molar-refractivity contribution < 1.29 is 0 Å². The molecule has 5 atom stereocenters. The number of hydrogen-bond acceptors (Lipinski definition) is 1. The van der Waals surface area contributed by atoms with E-state index in [0.29, 0.717) is 16.2 Å². The Kier molecular flexibility index (Phi) is 4.55. The van der Waals surface area contributed by atoms with E-state index in [-0.39, 0.29) is 0 Å². The Bertz CT molecular complexity index is 1290. The third-order valence-electron chi connectivity index (χ3n) is 13.4. The Labute approximate surface area is 229 Å². The van der Waals surface area contributed by atoms with Crippen LogP contribution in [0.1, 0.15) is 83.1 Å². The number of rotatable bonds is 5. The van der Waals surface area contributed by atoms with E-state index in [1.54, 1.807) is 5.56 Å². The van der Waals surface area contributed by atoms with Crippen molar-refractivity contribution >= 4 is 11.4 Å². The van der Waals surface area contributed by atoms with Crippen molar-refractivity contribution in [3.63, 3.8) is 0 Å². The summed E-state index contributed by atoms with van der Waals surface area (Å²) in [4.78, 5) is 2.52. The van der Waals surface area contributed by atoms with E-state index in [1.807, 2.05) is 0 Å². The molecule has 1 heteroatoms. The van der Waals surface area contributed by atoms with E-state index in [0.717, 1.165) is 35.5 Å². The molecular weight excluding hydrogens is 458 g/mol. The summed E-state index contributed by atoms with van der Waals surface area (Å²) >= 11 is 0. The number of hydrogen-bond donors (Lipinski definition) is 0. The molecular formula is C37H43N. The minimum absolute atomic E-state index is 0.317. The molecule has 38 heavy (non-hydrogen) atoms. The highest BCUT2D eigenvalue weighted by Gasteiger charge is 2.64. The largest absolute Gasteiger partial charge is 0.311 e. The van der Waals surface area contributed by atoms with Crippen molar-refractivity contribution in [2.75, 3.05) is 4.90 Å². The predicted molar refractivity (Wildman–Crippen MR) is 156 cm³/mol. The van der Waals surface area contributed by atoms with Gasteiger partial charge in [-0.3, -0.25) is 0 Å². The van der Waals surface area contributed by atoms with Gasteiger partial charge in [0.2, 0.25) is 0 Å². The Morgan fingerprint density at radius 2 is 1.26 bits per heavy atom. The van der Waals surface area contributed by atoms with Gasteiger partial charge in [0.25, 0.3) is 0 Å². The lowest BCUT2D eigenvalue weighted by atomic mass is 9.56. The number of para-hydroxylation sites is 1. The molecule has 2 aromatic carbocycles. The smallest absolute Gasteiger partial charge is 0.0461 e. The second-order valence-corrected chi connectivity index (χ2v) is 15.2. The molecule has 9 aliphatic carbocycles. The molecule has 196 valence electrons. The van der Waals surface area contributed by atoms with E-state index in [1.165, 1.54) is 87.7 Å². The molecule has 5 unspecified atom stereocenters. The van der Waals surface area contributed by atoms with Crippen LogP contribution in [0.25, 0.3) is 0 Å². The molecule has 8 fully saturated rings. The number of anilines is 2. The predicted octanol–water partition coefficient (Wildman–Crippen LogP) is 9.58. The van der Waals surface area contributed by atoms with Crippen molar-refractivity contribution in [1.82, 2.24) is 0 Å². The standard InChI is InChI=1S/C37H43N/c1-35(37-23-27-16-28(24-37)20-31(37)19-27)13-11-34(12-14-35)38(32-5-3-2-4-6-32)33-9-7-29(8-10-33)36-21-25-15-26(22-36)18-30(36)17-25/h2-13,25-28,30-31H,14-24H2,1H3. The van der Waals surface area contributed by atoms with Crippen molar-refractivity contribution in [1.29, 1.82) is 0 Å². The van der Waals surface area contributed by atoms with Crippen LogP contribution in [0.4, 0.5) is 11.4 Å². The van der Waals surface area contributed by atoms with Gasteiger partial charge in [0, 0.05) is 17.1 Å². The van der Waals surface area contributed by atoms with E-state index >= 15 is 0 Å². The highest BCUT2D eigenvalue weighted by atomic mass is 15.1. The van der Waals surface area contributed by atoms with Crippen LogP contribution in [-0.4, -0.2) is 0 Å². The summed E-state index contributed by atoms with van der Waals surface area (Å²) in [5, 5.41) is 0. The highest BCUT2D eigenvalue weighted by molar-refractivity contribution is 5.70. The molecule has 11 rings (SSSR count). The van der Waals surface area contributed by atoms with Gasteiger partial charge in [-0.05, 0) is 158 Å². The lowest BCUT2D eigenvalue weighted by molar-refractivity contribution is 0.0571. The average molecular weight is 502 g/mol. The Morgan fingerprint density at radius 3 is 1.89 bits per heavy atom. The fourth-order valence-electron chi connectivity index (χ4n) is 12.2. The van der Waals surface area contributed by atoms with E-state index in [2.05, 4.69) is 84.6 Å². The van der Waals surface area contributed by atoms with E-state index in [4.69, 9.17) is 0 Å². The molecule has 0 N–H and O–H groups in total. The van der Waals surface area contributed by atoms with Gasteiger partial charge in [-0.25, -0.2) is 0 Å². The van der Waals surface area contributed by atoms with Crippen LogP contribution in [0.2, 0.25) is 0 Å². The molecule has 9 aliphatic rings. The van der Waals surface area contributed by atoms with Gasteiger partial charge in [-0.15, -0.1) is 0 Å². The first-order valence-electron chi connectivity index (χ1n) is 15.9. The second-order valence-electron chi connectivity index (χ2n) is 15.2. The maximum atomic E-state index is 2.66. The van der Waals surface area contributed by atoms with Gasteiger partial charge >= 0.3 is 0 Å². The number of benzene rings is 2. The molecule has 0 spiro atoms. The molecule has 0 aliphatic heterocycles. The summed E-state index contributed by atoms with van der Waals surface area (Å²) in [6, 6.07) is 21.0. The van der Waals surface area contributed by atoms with Crippen LogP contribution in [0.3, 0.4) is 0 Å². The molecule has 0 aromatic heterocycles. The Morgan fingerprint density at radius 1 is 0.658 bits per heavy atom. The molecule has 2 aromatic rings. The minimum atomic E-state index is 0.317. The molecule has 0 saturated heterocycles. The quantitative estimate of drug-likeness (QED) is 0.394. The normalized spacial score (nSPS) is 45.2. The summed E-state index contributed by atoms with van der Waals surface area (Å²) in [5.74, 6) is 5.98.